The van der Waals surface area contributed by atoms with Crippen molar-refractivity contribution < 1.29 is 4.79 Å². The van der Waals surface area contributed by atoms with Crippen LogP contribution in [0.5, 0.6) is 0 Å². The van der Waals surface area contributed by atoms with E-state index in [2.05, 4.69) is 4.98 Å². The highest BCUT2D eigenvalue weighted by atomic mass is 35.5. The fraction of sp³-hybridized carbons (Fsp3) is 0. The first kappa shape index (κ1) is 10.2. The van der Waals surface area contributed by atoms with Crippen molar-refractivity contribution >= 4 is 29.1 Å². The maximum absolute atomic E-state index is 11.8. The molecular formula is C10H6Cl2N2O. The SMILES string of the molecule is O=C(c1ccc(Cl)cc1Cl)n1ccnc1. The molecule has 0 saturated heterocycles. The third-order valence-electron chi connectivity index (χ3n) is 1.90. The largest absolute Gasteiger partial charge is 0.272 e. The number of imidazole rings is 1. The molecule has 0 atom stereocenters. The highest BCUT2D eigenvalue weighted by Crippen LogP contribution is 2.21. The molecular weight excluding hydrogens is 235 g/mol. The second kappa shape index (κ2) is 4.04. The van der Waals surface area contributed by atoms with Crippen LogP contribution >= 0.6 is 23.2 Å². The molecule has 0 bridgehead atoms. The molecule has 0 fully saturated rings. The van der Waals surface area contributed by atoms with Crippen LogP contribution in [0.3, 0.4) is 0 Å². The first-order valence-corrected chi connectivity index (χ1v) is 4.92. The van der Waals surface area contributed by atoms with Gasteiger partial charge in [-0.1, -0.05) is 23.2 Å². The van der Waals surface area contributed by atoms with Gasteiger partial charge in [-0.2, -0.15) is 0 Å². The van der Waals surface area contributed by atoms with Crippen LogP contribution in [0.4, 0.5) is 0 Å². The van der Waals surface area contributed by atoms with Crippen LogP contribution in [0.15, 0.2) is 36.9 Å². The van der Waals surface area contributed by atoms with Gasteiger partial charge in [0.2, 0.25) is 0 Å². The lowest BCUT2D eigenvalue weighted by atomic mass is 10.2. The topological polar surface area (TPSA) is 34.9 Å². The number of nitrogens with zero attached hydrogens (tertiary/aromatic N) is 2. The quantitative estimate of drug-likeness (QED) is 0.769. The average molecular weight is 241 g/mol. The molecule has 3 nitrogen and oxygen atoms in total. The zero-order valence-electron chi connectivity index (χ0n) is 7.52. The molecule has 0 aliphatic heterocycles. The summed E-state index contributed by atoms with van der Waals surface area (Å²) in [6.07, 6.45) is 4.52. The lowest BCUT2D eigenvalue weighted by Crippen LogP contribution is -2.10. The van der Waals surface area contributed by atoms with E-state index in [1.807, 2.05) is 0 Å². The Morgan fingerprint density at radius 1 is 1.33 bits per heavy atom. The van der Waals surface area contributed by atoms with Crippen LogP contribution in [0.25, 0.3) is 0 Å². The summed E-state index contributed by atoms with van der Waals surface area (Å²) in [5.74, 6) is -0.228. The molecule has 0 saturated carbocycles. The third kappa shape index (κ3) is 2.03. The third-order valence-corrected chi connectivity index (χ3v) is 2.45. The monoisotopic (exact) mass is 240 g/mol. The Bertz CT molecular complexity index is 494. The Hall–Kier alpha value is -1.32. The van der Waals surface area contributed by atoms with E-state index >= 15 is 0 Å². The van der Waals surface area contributed by atoms with Gasteiger partial charge >= 0.3 is 0 Å². The lowest BCUT2D eigenvalue weighted by molar-refractivity contribution is 0.0960. The van der Waals surface area contributed by atoms with Gasteiger partial charge in [-0.25, -0.2) is 4.98 Å². The zero-order chi connectivity index (χ0) is 10.8. The number of carbonyl (C=O) groups excluding carboxylic acids is 1. The maximum atomic E-state index is 11.8. The van der Waals surface area contributed by atoms with Crippen molar-refractivity contribution in [3.8, 4) is 0 Å². The Labute approximate surface area is 96.3 Å². The summed E-state index contributed by atoms with van der Waals surface area (Å²) in [7, 11) is 0. The first-order valence-electron chi connectivity index (χ1n) is 4.16. The summed E-state index contributed by atoms with van der Waals surface area (Å²) >= 11 is 11.6. The van der Waals surface area contributed by atoms with Crippen molar-refractivity contribution in [2.24, 2.45) is 0 Å². The van der Waals surface area contributed by atoms with E-state index < -0.39 is 0 Å². The van der Waals surface area contributed by atoms with Gasteiger partial charge in [-0.15, -0.1) is 0 Å². The Morgan fingerprint density at radius 3 is 2.73 bits per heavy atom. The zero-order valence-corrected chi connectivity index (χ0v) is 9.03. The van der Waals surface area contributed by atoms with Gasteiger partial charge in [-0.3, -0.25) is 9.36 Å². The number of carbonyl (C=O) groups is 1. The van der Waals surface area contributed by atoms with E-state index in [1.54, 1.807) is 18.3 Å². The predicted octanol–water partition coefficient (Wildman–Crippen LogP) is 2.88. The number of halogens is 2. The molecule has 0 N–H and O–H groups in total. The van der Waals surface area contributed by atoms with Crippen molar-refractivity contribution in [3.05, 3.63) is 52.5 Å². The van der Waals surface area contributed by atoms with E-state index in [0.717, 1.165) is 0 Å². The Balaban J connectivity index is 2.42. The Kier molecular flexibility index (Phi) is 2.75. The number of hydrogen-bond donors (Lipinski definition) is 0. The van der Waals surface area contributed by atoms with Crippen LogP contribution < -0.4 is 0 Å². The normalized spacial score (nSPS) is 10.3. The second-order valence-corrected chi connectivity index (χ2v) is 3.74. The van der Waals surface area contributed by atoms with E-state index in [-0.39, 0.29) is 5.91 Å². The predicted molar refractivity (Wildman–Crippen MR) is 58.4 cm³/mol. The molecule has 2 rings (SSSR count). The van der Waals surface area contributed by atoms with Crippen LogP contribution in [0, 0.1) is 0 Å². The van der Waals surface area contributed by atoms with Crippen LogP contribution in [0.2, 0.25) is 10.0 Å². The number of rotatable bonds is 1. The van der Waals surface area contributed by atoms with Crippen LogP contribution in [0.1, 0.15) is 10.4 Å². The maximum Gasteiger partial charge on any atom is 0.264 e. The number of aromatic nitrogens is 2. The molecule has 0 spiro atoms. The minimum atomic E-state index is -0.228. The van der Waals surface area contributed by atoms with Gasteiger partial charge in [0.15, 0.2) is 0 Å². The molecule has 0 amide bonds. The lowest BCUT2D eigenvalue weighted by Gasteiger charge is -2.03. The molecule has 1 aromatic carbocycles. The van der Waals surface area contributed by atoms with Crippen molar-refractivity contribution in [1.82, 2.24) is 9.55 Å². The summed E-state index contributed by atoms with van der Waals surface area (Å²) in [6.45, 7) is 0. The highest BCUT2D eigenvalue weighted by Gasteiger charge is 2.11. The highest BCUT2D eigenvalue weighted by molar-refractivity contribution is 6.36. The first-order chi connectivity index (χ1) is 7.18. The van der Waals surface area contributed by atoms with E-state index in [0.29, 0.717) is 15.6 Å². The van der Waals surface area contributed by atoms with E-state index in [4.69, 9.17) is 23.2 Å². The fourth-order valence-electron chi connectivity index (χ4n) is 1.18. The second-order valence-electron chi connectivity index (χ2n) is 2.90. The molecule has 0 unspecified atom stereocenters. The van der Waals surface area contributed by atoms with E-state index in [9.17, 15) is 4.79 Å². The van der Waals surface area contributed by atoms with Crippen molar-refractivity contribution in [3.63, 3.8) is 0 Å². The number of benzene rings is 1. The van der Waals surface area contributed by atoms with E-state index in [1.165, 1.54) is 23.2 Å². The van der Waals surface area contributed by atoms with Gasteiger partial charge in [0, 0.05) is 17.4 Å². The molecule has 1 heterocycles. The molecule has 2 aromatic rings. The van der Waals surface area contributed by atoms with Crippen molar-refractivity contribution in [2.45, 2.75) is 0 Å². The summed E-state index contributed by atoms with van der Waals surface area (Å²) in [5.41, 5.74) is 0.402. The smallest absolute Gasteiger partial charge is 0.264 e. The van der Waals surface area contributed by atoms with Gasteiger partial charge < -0.3 is 0 Å². The molecule has 76 valence electrons. The standard InChI is InChI=1S/C10H6Cl2N2O/c11-7-1-2-8(9(12)5-7)10(15)14-4-3-13-6-14/h1-6H. The Morgan fingerprint density at radius 2 is 2.13 bits per heavy atom. The van der Waals surface area contributed by atoms with Gasteiger partial charge in [0.05, 0.1) is 10.6 Å². The van der Waals surface area contributed by atoms with Crippen LogP contribution in [-0.2, 0) is 0 Å². The molecule has 15 heavy (non-hydrogen) atoms. The van der Waals surface area contributed by atoms with Crippen molar-refractivity contribution in [1.29, 1.82) is 0 Å². The molecule has 0 aliphatic carbocycles. The summed E-state index contributed by atoms with van der Waals surface area (Å²) in [6, 6.07) is 4.75. The molecule has 5 heteroatoms. The minimum absolute atomic E-state index is 0.228. The summed E-state index contributed by atoms with van der Waals surface area (Å²) in [5, 5.41) is 0.836. The van der Waals surface area contributed by atoms with Gasteiger partial charge in [0.1, 0.15) is 6.33 Å². The molecule has 0 radical (unpaired) electrons. The summed E-state index contributed by atoms with van der Waals surface area (Å²) < 4.78 is 1.36. The van der Waals surface area contributed by atoms with Gasteiger partial charge in [-0.05, 0) is 18.2 Å². The minimum Gasteiger partial charge on any atom is -0.272 e. The van der Waals surface area contributed by atoms with Crippen LogP contribution in [-0.4, -0.2) is 15.5 Å². The molecule has 1 aromatic heterocycles. The molecule has 0 aliphatic rings. The average Bonchev–Trinajstić information content (AvgIpc) is 2.69. The number of hydrogen-bond acceptors (Lipinski definition) is 2. The van der Waals surface area contributed by atoms with Crippen molar-refractivity contribution in [2.75, 3.05) is 0 Å². The fourth-order valence-corrected chi connectivity index (χ4v) is 1.67. The van der Waals surface area contributed by atoms with Gasteiger partial charge in [0.25, 0.3) is 5.91 Å². The summed E-state index contributed by atoms with van der Waals surface area (Å²) in [4.78, 5) is 15.6.